The van der Waals surface area contributed by atoms with Crippen LogP contribution in [-0.2, 0) is 7.05 Å². The summed E-state index contributed by atoms with van der Waals surface area (Å²) in [5.41, 5.74) is 5.32. The number of H-pyrrole nitrogens is 2. The molecule has 5 rings (SSSR count). The van der Waals surface area contributed by atoms with E-state index in [4.69, 9.17) is 34.8 Å². The molecule has 0 saturated heterocycles. The van der Waals surface area contributed by atoms with Crippen LogP contribution < -0.4 is 16.7 Å². The van der Waals surface area contributed by atoms with E-state index >= 15 is 0 Å². The first-order valence-electron chi connectivity index (χ1n) is 12.1. The Labute approximate surface area is 242 Å². The molecule has 3 heterocycles. The lowest BCUT2D eigenvalue weighted by Gasteiger charge is -2.07. The Hall–Kier alpha value is -4.20. The fraction of sp³-hybridized carbons (Fsp3) is 0.103. The molecule has 5 aromatic rings. The Morgan fingerprint density at radius 1 is 0.850 bits per heavy atom. The molecule has 0 aliphatic heterocycles. The van der Waals surface area contributed by atoms with Gasteiger partial charge in [-0.2, -0.15) is 0 Å². The van der Waals surface area contributed by atoms with Crippen molar-refractivity contribution >= 4 is 58.0 Å². The van der Waals surface area contributed by atoms with E-state index in [0.29, 0.717) is 49.8 Å². The Morgan fingerprint density at radius 2 is 1.52 bits per heavy atom. The summed E-state index contributed by atoms with van der Waals surface area (Å²) >= 11 is 18.6. The Morgan fingerprint density at radius 3 is 2.20 bits per heavy atom. The number of aryl methyl sites for hydroxylation is 3. The topological polar surface area (TPSA) is 97.6 Å². The number of rotatable bonds is 5. The molecule has 0 radical (unpaired) electrons. The van der Waals surface area contributed by atoms with E-state index in [9.17, 15) is 14.4 Å². The maximum atomic E-state index is 13.2. The Kier molecular flexibility index (Phi) is 7.36. The number of nitrogens with one attached hydrogen (secondary N) is 2. The molecule has 3 aromatic heterocycles. The van der Waals surface area contributed by atoms with Gasteiger partial charge < -0.3 is 0 Å². The summed E-state index contributed by atoms with van der Waals surface area (Å²) in [5, 5.41) is 7.24. The van der Waals surface area contributed by atoms with Gasteiger partial charge in [0.2, 0.25) is 0 Å². The standard InChI is InChI=1S/C29H22Cl3N5O3/c1-16-20(27(38)35(3)26-24(16)29(40)36(34-26)19-10-6-4-7-11-19)12-8-5-9-13-21-17(2)33-37(28(21)39)25-22(31)14-18(30)15-23(25)32/h4-8,10-15,33-34H,1-3H3. The number of pyridine rings is 1. The quantitative estimate of drug-likeness (QED) is 0.194. The van der Waals surface area contributed by atoms with Crippen LogP contribution in [0.1, 0.15) is 22.4 Å². The first-order chi connectivity index (χ1) is 19.1. The molecule has 0 fully saturated rings. The van der Waals surface area contributed by atoms with Gasteiger partial charge in [-0.1, -0.05) is 59.1 Å². The Balaban J connectivity index is 1.50. The molecule has 0 aliphatic carbocycles. The molecule has 202 valence electrons. The summed E-state index contributed by atoms with van der Waals surface area (Å²) in [6.07, 6.45) is 6.33. The molecule has 0 saturated carbocycles. The third kappa shape index (κ3) is 4.72. The highest BCUT2D eigenvalue weighted by Gasteiger charge is 2.18. The number of aromatic nitrogens is 5. The molecule has 2 N–H and O–H groups in total. The minimum atomic E-state index is -0.370. The van der Waals surface area contributed by atoms with Crippen LogP contribution in [0.25, 0.3) is 34.6 Å². The number of allylic oxidation sites excluding steroid dienone is 2. The number of benzene rings is 2. The molecule has 0 amide bonds. The number of hydrogen-bond acceptors (Lipinski definition) is 3. The molecule has 11 heteroatoms. The zero-order chi connectivity index (χ0) is 28.7. The average molecular weight is 595 g/mol. The molecule has 40 heavy (non-hydrogen) atoms. The first-order valence-corrected chi connectivity index (χ1v) is 13.2. The van der Waals surface area contributed by atoms with Crippen molar-refractivity contribution in [2.24, 2.45) is 7.05 Å². The SMILES string of the molecule is Cc1[nH]n(-c2c(Cl)cc(Cl)cc2Cl)c(=O)c1C=C=CC=Cc1c(C)c2c(=O)n(-c3ccccc3)[nH]c2n(C)c1=O. The molecule has 8 nitrogen and oxygen atoms in total. The lowest BCUT2D eigenvalue weighted by Crippen LogP contribution is -2.22. The maximum Gasteiger partial charge on any atom is 0.281 e. The summed E-state index contributed by atoms with van der Waals surface area (Å²) in [6.45, 7) is 3.48. The second-order valence-electron chi connectivity index (χ2n) is 9.06. The van der Waals surface area contributed by atoms with Gasteiger partial charge in [-0.25, -0.2) is 9.36 Å². The molecule has 0 bridgehead atoms. The predicted molar refractivity (Wildman–Crippen MR) is 162 cm³/mol. The normalized spacial score (nSPS) is 11.3. The predicted octanol–water partition coefficient (Wildman–Crippen LogP) is 5.96. The van der Waals surface area contributed by atoms with E-state index < -0.39 is 0 Å². The van der Waals surface area contributed by atoms with E-state index in [0.717, 1.165) is 0 Å². The zero-order valence-corrected chi connectivity index (χ0v) is 23.8. The highest BCUT2D eigenvalue weighted by atomic mass is 35.5. The van der Waals surface area contributed by atoms with Crippen molar-refractivity contribution < 1.29 is 0 Å². The fourth-order valence-electron chi connectivity index (χ4n) is 4.51. The largest absolute Gasteiger partial charge is 0.296 e. The first kappa shape index (κ1) is 27.4. The highest BCUT2D eigenvalue weighted by molar-refractivity contribution is 6.40. The maximum absolute atomic E-state index is 13.2. The minimum absolute atomic E-state index is 0.224. The van der Waals surface area contributed by atoms with Crippen molar-refractivity contribution in [3.63, 3.8) is 0 Å². The monoisotopic (exact) mass is 593 g/mol. The number of fused-ring (bicyclic) bond motifs is 1. The molecular weight excluding hydrogens is 573 g/mol. The lowest BCUT2D eigenvalue weighted by molar-refractivity contribution is 0.820. The zero-order valence-electron chi connectivity index (χ0n) is 21.6. The van der Waals surface area contributed by atoms with E-state index in [1.807, 2.05) is 30.3 Å². The van der Waals surface area contributed by atoms with E-state index in [1.54, 1.807) is 39.1 Å². The average Bonchev–Trinajstić information content (AvgIpc) is 3.40. The summed E-state index contributed by atoms with van der Waals surface area (Å²) in [7, 11) is 1.61. The van der Waals surface area contributed by atoms with E-state index in [2.05, 4.69) is 15.9 Å². The second-order valence-corrected chi connectivity index (χ2v) is 10.3. The fourth-order valence-corrected chi connectivity index (χ4v) is 5.49. The highest BCUT2D eigenvalue weighted by Crippen LogP contribution is 2.31. The van der Waals surface area contributed by atoms with Crippen LogP contribution in [-0.4, -0.2) is 24.1 Å². The molecule has 0 spiro atoms. The molecule has 0 atom stereocenters. The lowest BCUT2D eigenvalue weighted by atomic mass is 10.1. The van der Waals surface area contributed by atoms with Crippen LogP contribution >= 0.6 is 34.8 Å². The van der Waals surface area contributed by atoms with E-state index in [-0.39, 0.29) is 26.7 Å². The van der Waals surface area contributed by atoms with Crippen molar-refractivity contribution in [2.45, 2.75) is 13.8 Å². The number of hydrogen-bond donors (Lipinski definition) is 2. The van der Waals surface area contributed by atoms with Gasteiger partial charge in [0.05, 0.1) is 26.7 Å². The third-order valence-corrected chi connectivity index (χ3v) is 7.34. The minimum Gasteiger partial charge on any atom is -0.296 e. The van der Waals surface area contributed by atoms with Crippen molar-refractivity contribution in [1.82, 2.24) is 24.1 Å². The number of aromatic amines is 2. The molecule has 2 aromatic carbocycles. The number of halogens is 3. The Bertz CT molecular complexity index is 2050. The number of para-hydroxylation sites is 1. The van der Waals surface area contributed by atoms with Gasteiger partial charge in [-0.05, 0) is 61.9 Å². The van der Waals surface area contributed by atoms with Crippen molar-refractivity contribution in [1.29, 1.82) is 0 Å². The van der Waals surface area contributed by atoms with Crippen LogP contribution in [0.4, 0.5) is 0 Å². The van der Waals surface area contributed by atoms with Gasteiger partial charge in [-0.15, -0.1) is 5.73 Å². The van der Waals surface area contributed by atoms with Gasteiger partial charge in [0, 0.05) is 23.3 Å². The van der Waals surface area contributed by atoms with Crippen molar-refractivity contribution in [3.8, 4) is 11.4 Å². The second kappa shape index (κ2) is 10.8. The van der Waals surface area contributed by atoms with Crippen LogP contribution in [0.15, 0.2) is 74.7 Å². The summed E-state index contributed by atoms with van der Waals surface area (Å²) in [4.78, 5) is 39.4. The van der Waals surface area contributed by atoms with Gasteiger partial charge in [-0.3, -0.25) is 29.1 Å². The van der Waals surface area contributed by atoms with Gasteiger partial charge in [0.1, 0.15) is 11.3 Å². The number of nitrogens with zero attached hydrogens (tertiary/aromatic N) is 3. The van der Waals surface area contributed by atoms with Crippen LogP contribution in [0.5, 0.6) is 0 Å². The third-order valence-electron chi connectivity index (χ3n) is 6.54. The van der Waals surface area contributed by atoms with Gasteiger partial charge in [0.25, 0.3) is 16.7 Å². The molecular formula is C29H22Cl3N5O3. The van der Waals surface area contributed by atoms with E-state index in [1.165, 1.54) is 32.1 Å². The van der Waals surface area contributed by atoms with Crippen LogP contribution in [0.2, 0.25) is 15.1 Å². The van der Waals surface area contributed by atoms with Crippen LogP contribution in [0.3, 0.4) is 0 Å². The summed E-state index contributed by atoms with van der Waals surface area (Å²) < 4.78 is 4.09. The van der Waals surface area contributed by atoms with Gasteiger partial charge >= 0.3 is 0 Å². The van der Waals surface area contributed by atoms with Crippen molar-refractivity contribution in [3.05, 3.63) is 129 Å². The molecule has 0 aliphatic rings. The summed E-state index contributed by atoms with van der Waals surface area (Å²) in [6, 6.07) is 12.1. The summed E-state index contributed by atoms with van der Waals surface area (Å²) in [5.74, 6) is 0. The van der Waals surface area contributed by atoms with Crippen molar-refractivity contribution in [2.75, 3.05) is 0 Å². The smallest absolute Gasteiger partial charge is 0.281 e. The molecule has 0 unspecified atom stereocenters. The van der Waals surface area contributed by atoms with Gasteiger partial charge in [0.15, 0.2) is 0 Å². The van der Waals surface area contributed by atoms with Crippen LogP contribution in [0, 0.1) is 13.8 Å².